The van der Waals surface area contributed by atoms with Gasteiger partial charge in [0.2, 0.25) is 0 Å². The summed E-state index contributed by atoms with van der Waals surface area (Å²) in [5, 5.41) is 6.02. The minimum Gasteiger partial charge on any atom is -0.489 e. The molecule has 0 aliphatic heterocycles. The molecule has 1 aromatic heterocycles. The zero-order chi connectivity index (χ0) is 20.1. The molecule has 0 saturated carbocycles. The van der Waals surface area contributed by atoms with Gasteiger partial charge in [0.05, 0.1) is 24.2 Å². The number of amides is 1. The zero-order valence-corrected chi connectivity index (χ0v) is 16.5. The fourth-order valence-electron chi connectivity index (χ4n) is 2.59. The van der Waals surface area contributed by atoms with Gasteiger partial charge in [-0.05, 0) is 63.1 Å². The van der Waals surface area contributed by atoms with Crippen LogP contribution in [0.4, 0.5) is 17.2 Å². The van der Waals surface area contributed by atoms with Crippen molar-refractivity contribution in [1.29, 1.82) is 0 Å². The van der Waals surface area contributed by atoms with E-state index >= 15 is 0 Å². The Bertz CT molecular complexity index is 969. The standard InChI is InChI=1S/C22H24N4O2/c1-14(2)28-20-8-6-5-7-18(20)26-22(27)19-12-24-21(13-23-19)25-17-10-9-15(3)16(4)11-17/h5-14H,1-4H3,(H,24,25)(H,26,27). The van der Waals surface area contributed by atoms with Crippen molar-refractivity contribution in [3.63, 3.8) is 0 Å². The lowest BCUT2D eigenvalue weighted by molar-refractivity contribution is 0.102. The van der Waals surface area contributed by atoms with Crippen LogP contribution in [-0.2, 0) is 0 Å². The van der Waals surface area contributed by atoms with E-state index in [0.717, 1.165) is 5.69 Å². The van der Waals surface area contributed by atoms with E-state index in [0.29, 0.717) is 17.3 Å². The summed E-state index contributed by atoms with van der Waals surface area (Å²) in [6.45, 7) is 7.99. The number of hydrogen-bond donors (Lipinski definition) is 2. The van der Waals surface area contributed by atoms with E-state index in [1.54, 1.807) is 12.3 Å². The minimum atomic E-state index is -0.343. The Kier molecular flexibility index (Phi) is 5.89. The lowest BCUT2D eigenvalue weighted by atomic mass is 10.1. The molecule has 0 unspecified atom stereocenters. The molecule has 0 atom stereocenters. The van der Waals surface area contributed by atoms with Crippen molar-refractivity contribution in [1.82, 2.24) is 9.97 Å². The monoisotopic (exact) mass is 376 g/mol. The largest absolute Gasteiger partial charge is 0.489 e. The van der Waals surface area contributed by atoms with Crippen LogP contribution in [0.3, 0.4) is 0 Å². The van der Waals surface area contributed by atoms with Crippen molar-refractivity contribution in [3.8, 4) is 5.75 Å². The Labute approximate surface area is 165 Å². The highest BCUT2D eigenvalue weighted by Gasteiger charge is 2.12. The average molecular weight is 376 g/mol. The van der Waals surface area contributed by atoms with Gasteiger partial charge in [-0.25, -0.2) is 9.97 Å². The Hall–Kier alpha value is -3.41. The first-order valence-corrected chi connectivity index (χ1v) is 9.15. The SMILES string of the molecule is Cc1ccc(Nc2cnc(C(=O)Nc3ccccc3OC(C)C)cn2)cc1C. The number of nitrogens with zero attached hydrogens (tertiary/aromatic N) is 2. The second-order valence-corrected chi connectivity index (χ2v) is 6.83. The van der Waals surface area contributed by atoms with Gasteiger partial charge in [-0.2, -0.15) is 0 Å². The van der Waals surface area contributed by atoms with E-state index in [4.69, 9.17) is 4.74 Å². The number of hydrogen-bond acceptors (Lipinski definition) is 5. The van der Waals surface area contributed by atoms with E-state index in [2.05, 4.69) is 34.4 Å². The number of carbonyl (C=O) groups is 1. The van der Waals surface area contributed by atoms with Gasteiger partial charge in [-0.15, -0.1) is 0 Å². The molecule has 0 aliphatic rings. The van der Waals surface area contributed by atoms with E-state index in [1.165, 1.54) is 17.3 Å². The maximum Gasteiger partial charge on any atom is 0.275 e. The molecule has 1 amide bonds. The predicted octanol–water partition coefficient (Wildman–Crippen LogP) is 4.88. The van der Waals surface area contributed by atoms with Gasteiger partial charge >= 0.3 is 0 Å². The van der Waals surface area contributed by atoms with Crippen molar-refractivity contribution < 1.29 is 9.53 Å². The molecule has 0 saturated heterocycles. The maximum atomic E-state index is 12.5. The van der Waals surface area contributed by atoms with Crippen molar-refractivity contribution >= 4 is 23.1 Å². The molecule has 1 heterocycles. The van der Waals surface area contributed by atoms with Crippen LogP contribution in [0.25, 0.3) is 0 Å². The van der Waals surface area contributed by atoms with Gasteiger partial charge in [0, 0.05) is 5.69 Å². The molecule has 3 rings (SSSR count). The Morgan fingerprint density at radius 2 is 1.79 bits per heavy atom. The lowest BCUT2D eigenvalue weighted by Gasteiger charge is -2.14. The van der Waals surface area contributed by atoms with Crippen LogP contribution in [0.2, 0.25) is 0 Å². The Morgan fingerprint density at radius 1 is 1.00 bits per heavy atom. The summed E-state index contributed by atoms with van der Waals surface area (Å²) in [5.41, 5.74) is 4.17. The normalized spacial score (nSPS) is 10.6. The van der Waals surface area contributed by atoms with Crippen molar-refractivity contribution in [2.75, 3.05) is 10.6 Å². The number of benzene rings is 2. The van der Waals surface area contributed by atoms with Crippen molar-refractivity contribution in [3.05, 3.63) is 71.7 Å². The number of ether oxygens (including phenoxy) is 1. The molecule has 6 heteroatoms. The van der Waals surface area contributed by atoms with E-state index < -0.39 is 0 Å². The van der Waals surface area contributed by atoms with Gasteiger partial charge in [0.25, 0.3) is 5.91 Å². The predicted molar refractivity (Wildman–Crippen MR) is 111 cm³/mol. The minimum absolute atomic E-state index is 0.00797. The summed E-state index contributed by atoms with van der Waals surface area (Å²) in [7, 11) is 0. The summed E-state index contributed by atoms with van der Waals surface area (Å²) in [4.78, 5) is 21.0. The Morgan fingerprint density at radius 3 is 2.46 bits per heavy atom. The van der Waals surface area contributed by atoms with Crippen molar-refractivity contribution in [2.45, 2.75) is 33.8 Å². The first-order valence-electron chi connectivity index (χ1n) is 9.15. The second kappa shape index (κ2) is 8.52. The number of rotatable bonds is 6. The van der Waals surface area contributed by atoms with Crippen LogP contribution in [0.5, 0.6) is 5.75 Å². The molecular weight excluding hydrogens is 352 g/mol. The van der Waals surface area contributed by atoms with Gasteiger partial charge in [0.1, 0.15) is 17.3 Å². The fraction of sp³-hybridized carbons (Fsp3) is 0.227. The molecule has 28 heavy (non-hydrogen) atoms. The van der Waals surface area contributed by atoms with Crippen molar-refractivity contribution in [2.24, 2.45) is 0 Å². The summed E-state index contributed by atoms with van der Waals surface area (Å²) < 4.78 is 5.72. The molecular formula is C22H24N4O2. The van der Waals surface area contributed by atoms with Gasteiger partial charge in [-0.3, -0.25) is 4.79 Å². The number of nitrogens with one attached hydrogen (secondary N) is 2. The number of carbonyl (C=O) groups excluding carboxylic acids is 1. The summed E-state index contributed by atoms with van der Waals surface area (Å²) in [6, 6.07) is 13.4. The molecule has 6 nitrogen and oxygen atoms in total. The van der Waals surface area contributed by atoms with Gasteiger partial charge in [-0.1, -0.05) is 18.2 Å². The van der Waals surface area contributed by atoms with Crippen LogP contribution in [0.15, 0.2) is 54.9 Å². The van der Waals surface area contributed by atoms with Crippen LogP contribution in [0.1, 0.15) is 35.5 Å². The topological polar surface area (TPSA) is 76.1 Å². The molecule has 0 spiro atoms. The molecule has 0 fully saturated rings. The summed E-state index contributed by atoms with van der Waals surface area (Å²) >= 11 is 0. The van der Waals surface area contributed by atoms with Crippen LogP contribution in [0, 0.1) is 13.8 Å². The smallest absolute Gasteiger partial charge is 0.275 e. The van der Waals surface area contributed by atoms with E-state index in [9.17, 15) is 4.79 Å². The fourth-order valence-corrected chi connectivity index (χ4v) is 2.59. The van der Waals surface area contributed by atoms with E-state index in [1.807, 2.05) is 50.2 Å². The molecule has 2 aromatic carbocycles. The third-order valence-electron chi connectivity index (χ3n) is 4.16. The highest BCUT2D eigenvalue weighted by Crippen LogP contribution is 2.25. The number of anilines is 3. The average Bonchev–Trinajstić information content (AvgIpc) is 2.66. The molecule has 144 valence electrons. The molecule has 3 aromatic rings. The highest BCUT2D eigenvalue weighted by molar-refractivity contribution is 6.03. The molecule has 0 bridgehead atoms. The maximum absolute atomic E-state index is 12.5. The lowest BCUT2D eigenvalue weighted by Crippen LogP contribution is -2.16. The zero-order valence-electron chi connectivity index (χ0n) is 16.5. The summed E-state index contributed by atoms with van der Waals surface area (Å²) in [6.07, 6.45) is 3.00. The van der Waals surface area contributed by atoms with Gasteiger partial charge in [0.15, 0.2) is 0 Å². The van der Waals surface area contributed by atoms with Crippen LogP contribution >= 0.6 is 0 Å². The van der Waals surface area contributed by atoms with Crippen LogP contribution in [-0.4, -0.2) is 22.0 Å². The third kappa shape index (κ3) is 4.85. The molecule has 0 radical (unpaired) electrons. The Balaban J connectivity index is 1.69. The van der Waals surface area contributed by atoms with Crippen LogP contribution < -0.4 is 15.4 Å². The quantitative estimate of drug-likeness (QED) is 0.641. The third-order valence-corrected chi connectivity index (χ3v) is 4.16. The number of para-hydroxylation sites is 2. The molecule has 0 aliphatic carbocycles. The van der Waals surface area contributed by atoms with Gasteiger partial charge < -0.3 is 15.4 Å². The second-order valence-electron chi connectivity index (χ2n) is 6.83. The first kappa shape index (κ1) is 19.4. The molecule has 2 N–H and O–H groups in total. The number of aryl methyl sites for hydroxylation is 2. The van der Waals surface area contributed by atoms with E-state index in [-0.39, 0.29) is 17.7 Å². The number of aromatic nitrogens is 2. The summed E-state index contributed by atoms with van der Waals surface area (Å²) in [5.74, 6) is 0.847. The highest BCUT2D eigenvalue weighted by atomic mass is 16.5. The first-order chi connectivity index (χ1) is 13.4.